The van der Waals surface area contributed by atoms with Gasteiger partial charge in [-0.05, 0) is 30.0 Å². The van der Waals surface area contributed by atoms with Crippen molar-refractivity contribution >= 4 is 0 Å². The molecule has 2 aromatic rings. The number of rotatable bonds is 4. The van der Waals surface area contributed by atoms with Crippen LogP contribution in [0.15, 0.2) is 54.6 Å². The maximum Gasteiger partial charge on any atom is 0.0771 e. The molecule has 0 amide bonds. The van der Waals surface area contributed by atoms with Crippen molar-refractivity contribution in [3.63, 3.8) is 0 Å². The monoisotopic (exact) mass is 281 g/mol. The number of benzene rings is 2. The smallest absolute Gasteiger partial charge is 0.0771 e. The lowest BCUT2D eigenvalue weighted by molar-refractivity contribution is 0.0110. The number of ether oxygens (including phenoxy) is 1. The minimum absolute atomic E-state index is 0.251. The maximum atomic E-state index is 6.04. The quantitative estimate of drug-likeness (QED) is 0.928. The molecule has 0 aliphatic carbocycles. The van der Waals surface area contributed by atoms with Gasteiger partial charge in [0.2, 0.25) is 0 Å². The van der Waals surface area contributed by atoms with Crippen molar-refractivity contribution in [2.24, 2.45) is 0 Å². The van der Waals surface area contributed by atoms with Crippen molar-refractivity contribution in [3.8, 4) is 0 Å². The molecule has 1 heterocycles. The van der Waals surface area contributed by atoms with E-state index in [1.807, 2.05) is 0 Å². The summed E-state index contributed by atoms with van der Waals surface area (Å²) in [6, 6.07) is 19.4. The molecule has 1 unspecified atom stereocenters. The summed E-state index contributed by atoms with van der Waals surface area (Å²) in [6.45, 7) is 4.90. The van der Waals surface area contributed by atoms with Crippen LogP contribution >= 0.6 is 0 Å². The van der Waals surface area contributed by atoms with Gasteiger partial charge in [0.15, 0.2) is 0 Å². The van der Waals surface area contributed by atoms with Gasteiger partial charge in [0.1, 0.15) is 0 Å². The average molecular weight is 281 g/mol. The standard InChI is InChI=1S/C19H23NO/c1-15-7-5-6-10-17(15)13-18(16-8-3-2-4-9-16)19-14-20-11-12-21-19/h2-10,18-20H,11-14H2,1H3/t18-,19?/m0/s1. The summed E-state index contributed by atoms with van der Waals surface area (Å²) >= 11 is 0. The topological polar surface area (TPSA) is 21.3 Å². The molecule has 2 aromatic carbocycles. The molecule has 110 valence electrons. The molecule has 0 bridgehead atoms. The van der Waals surface area contributed by atoms with Crippen molar-refractivity contribution in [3.05, 3.63) is 71.3 Å². The third-order valence-corrected chi connectivity index (χ3v) is 4.33. The first-order valence-electron chi connectivity index (χ1n) is 7.76. The van der Waals surface area contributed by atoms with Gasteiger partial charge in [-0.3, -0.25) is 0 Å². The molecule has 0 saturated carbocycles. The molecule has 21 heavy (non-hydrogen) atoms. The molecule has 1 saturated heterocycles. The van der Waals surface area contributed by atoms with Crippen LogP contribution in [0.5, 0.6) is 0 Å². The molecule has 3 rings (SSSR count). The summed E-state index contributed by atoms with van der Waals surface area (Å²) in [6.07, 6.45) is 1.28. The first-order valence-corrected chi connectivity index (χ1v) is 7.76. The molecule has 1 aliphatic rings. The third-order valence-electron chi connectivity index (χ3n) is 4.33. The number of morpholine rings is 1. The molecule has 1 fully saturated rings. The predicted octanol–water partition coefficient (Wildman–Crippen LogP) is 3.31. The molecule has 0 aromatic heterocycles. The number of aryl methyl sites for hydroxylation is 1. The van der Waals surface area contributed by atoms with Gasteiger partial charge in [0, 0.05) is 19.0 Å². The lowest BCUT2D eigenvalue weighted by Gasteiger charge is -2.32. The van der Waals surface area contributed by atoms with E-state index in [1.54, 1.807) is 0 Å². The Hall–Kier alpha value is -1.64. The summed E-state index contributed by atoms with van der Waals surface area (Å²) in [5.74, 6) is 0.403. The van der Waals surface area contributed by atoms with Gasteiger partial charge < -0.3 is 10.1 Å². The van der Waals surface area contributed by atoms with Crippen molar-refractivity contribution in [2.45, 2.75) is 25.4 Å². The fourth-order valence-electron chi connectivity index (χ4n) is 3.08. The van der Waals surface area contributed by atoms with Gasteiger partial charge >= 0.3 is 0 Å². The molecule has 2 atom stereocenters. The van der Waals surface area contributed by atoms with E-state index in [0.29, 0.717) is 5.92 Å². The molecule has 0 spiro atoms. The summed E-state index contributed by atoms with van der Waals surface area (Å²) in [5.41, 5.74) is 4.15. The van der Waals surface area contributed by atoms with E-state index >= 15 is 0 Å². The molecule has 1 N–H and O–H groups in total. The van der Waals surface area contributed by atoms with Crippen molar-refractivity contribution in [1.82, 2.24) is 5.32 Å². The highest BCUT2D eigenvalue weighted by Gasteiger charge is 2.26. The summed E-state index contributed by atoms with van der Waals surface area (Å²) < 4.78 is 6.04. The lowest BCUT2D eigenvalue weighted by atomic mass is 9.85. The van der Waals surface area contributed by atoms with Gasteiger partial charge in [0.05, 0.1) is 12.7 Å². The summed E-state index contributed by atoms with van der Waals surface area (Å²) in [7, 11) is 0. The zero-order chi connectivity index (χ0) is 14.5. The van der Waals surface area contributed by atoms with Gasteiger partial charge in [-0.2, -0.15) is 0 Å². The van der Waals surface area contributed by atoms with Crippen LogP contribution in [0.2, 0.25) is 0 Å². The van der Waals surface area contributed by atoms with E-state index in [1.165, 1.54) is 16.7 Å². The summed E-state index contributed by atoms with van der Waals surface area (Å²) in [4.78, 5) is 0. The molecule has 2 heteroatoms. The van der Waals surface area contributed by atoms with E-state index in [2.05, 4.69) is 66.8 Å². The second-order valence-electron chi connectivity index (χ2n) is 5.76. The Kier molecular flexibility index (Phi) is 4.69. The van der Waals surface area contributed by atoms with E-state index < -0.39 is 0 Å². The van der Waals surface area contributed by atoms with E-state index in [9.17, 15) is 0 Å². The highest BCUT2D eigenvalue weighted by Crippen LogP contribution is 2.28. The van der Waals surface area contributed by atoms with Crippen LogP contribution < -0.4 is 5.32 Å². The highest BCUT2D eigenvalue weighted by atomic mass is 16.5. The van der Waals surface area contributed by atoms with Crippen molar-refractivity contribution < 1.29 is 4.74 Å². The number of hydrogen-bond donors (Lipinski definition) is 1. The second-order valence-corrected chi connectivity index (χ2v) is 5.76. The minimum atomic E-state index is 0.251. The predicted molar refractivity (Wildman–Crippen MR) is 86.7 cm³/mol. The van der Waals surface area contributed by atoms with Crippen LogP contribution in [0.25, 0.3) is 0 Å². The Morgan fingerprint density at radius 3 is 2.57 bits per heavy atom. The second kappa shape index (κ2) is 6.88. The van der Waals surface area contributed by atoms with E-state index in [4.69, 9.17) is 4.74 Å². The molecule has 1 aliphatic heterocycles. The van der Waals surface area contributed by atoms with Crippen LogP contribution in [0.4, 0.5) is 0 Å². The van der Waals surface area contributed by atoms with Gasteiger partial charge in [0.25, 0.3) is 0 Å². The van der Waals surface area contributed by atoms with Crippen LogP contribution in [-0.2, 0) is 11.2 Å². The number of nitrogens with one attached hydrogen (secondary N) is 1. The normalized spacial score (nSPS) is 20.1. The maximum absolute atomic E-state index is 6.04. The minimum Gasteiger partial charge on any atom is -0.375 e. The van der Waals surface area contributed by atoms with Crippen molar-refractivity contribution in [1.29, 1.82) is 0 Å². The highest BCUT2D eigenvalue weighted by molar-refractivity contribution is 5.30. The van der Waals surface area contributed by atoms with Gasteiger partial charge in [-0.25, -0.2) is 0 Å². The molecule has 0 radical (unpaired) electrons. The Morgan fingerprint density at radius 2 is 1.86 bits per heavy atom. The Bertz CT molecular complexity index is 561. The average Bonchev–Trinajstić information content (AvgIpc) is 2.56. The first-order chi connectivity index (χ1) is 10.3. The summed E-state index contributed by atoms with van der Waals surface area (Å²) in [5, 5.41) is 3.46. The molecule has 2 nitrogen and oxygen atoms in total. The molecular weight excluding hydrogens is 258 g/mol. The van der Waals surface area contributed by atoms with Crippen LogP contribution in [-0.4, -0.2) is 25.8 Å². The Balaban J connectivity index is 1.87. The molecular formula is C19H23NO. The lowest BCUT2D eigenvalue weighted by Crippen LogP contribution is -2.42. The number of hydrogen-bond acceptors (Lipinski definition) is 2. The van der Waals surface area contributed by atoms with Crippen LogP contribution in [0.1, 0.15) is 22.6 Å². The van der Waals surface area contributed by atoms with Crippen LogP contribution in [0, 0.1) is 6.92 Å². The largest absolute Gasteiger partial charge is 0.375 e. The fraction of sp³-hybridized carbons (Fsp3) is 0.368. The third kappa shape index (κ3) is 3.52. The SMILES string of the molecule is Cc1ccccc1C[C@@H](c1ccccc1)C1CNCCO1. The Morgan fingerprint density at radius 1 is 1.10 bits per heavy atom. The first kappa shape index (κ1) is 14.3. The van der Waals surface area contributed by atoms with E-state index in [0.717, 1.165) is 26.1 Å². The Labute approximate surface area is 127 Å². The zero-order valence-corrected chi connectivity index (χ0v) is 12.6. The van der Waals surface area contributed by atoms with Gasteiger partial charge in [-0.15, -0.1) is 0 Å². The van der Waals surface area contributed by atoms with E-state index in [-0.39, 0.29) is 6.10 Å². The van der Waals surface area contributed by atoms with Gasteiger partial charge in [-0.1, -0.05) is 54.6 Å². The van der Waals surface area contributed by atoms with Crippen molar-refractivity contribution in [2.75, 3.05) is 19.7 Å². The fourth-order valence-corrected chi connectivity index (χ4v) is 3.08. The zero-order valence-electron chi connectivity index (χ0n) is 12.6. The van der Waals surface area contributed by atoms with Crippen LogP contribution in [0.3, 0.4) is 0 Å².